The average Bonchev–Trinajstić information content (AvgIpc) is 3.99. The van der Waals surface area contributed by atoms with Gasteiger partial charge >= 0.3 is 11.9 Å². The third-order valence-corrected chi connectivity index (χ3v) is 12.2. The first-order valence-electron chi connectivity index (χ1n) is 23.0. The van der Waals surface area contributed by atoms with Crippen molar-refractivity contribution in [1.29, 1.82) is 0 Å². The Labute approximate surface area is 398 Å². The lowest BCUT2D eigenvalue weighted by atomic mass is 9.87. The van der Waals surface area contributed by atoms with Gasteiger partial charge in [0.05, 0.1) is 12.8 Å². The molecule has 1 aromatic carbocycles. The maximum atomic E-state index is 13.8. The van der Waals surface area contributed by atoms with E-state index in [-0.39, 0.29) is 32.4 Å². The van der Waals surface area contributed by atoms with Crippen molar-refractivity contribution >= 4 is 82.4 Å². The summed E-state index contributed by atoms with van der Waals surface area (Å²) in [6.07, 6.45) is 0.0225. The molecule has 2 saturated heterocycles. The number of fused-ring (bicyclic) bond motifs is 1. The summed E-state index contributed by atoms with van der Waals surface area (Å²) < 4.78 is 0. The molecule has 24 nitrogen and oxygen atoms in total. The van der Waals surface area contributed by atoms with Crippen LogP contribution in [-0.2, 0) is 57.5 Å². The Hall–Kier alpha value is -7.14. The summed E-state index contributed by atoms with van der Waals surface area (Å²) in [6.45, 7) is 11.2. The standard InChI is InChI=1S/C45H64N10O14/c1-21(2)36(52-40(64)30-10-8-18-54(30)44(68)25(6)48-38(62)23(4)46-32(56)14-16-34(58)59)42(66)50-27-12-13-29-28(20-27)22(3)37(43(67)51-29)53-41(65)31-11-9-19-55(31)45(69)26(7)49-39(63)24(5)47-33(57)15-17-35(60)61/h12-13,20-26,30-31,36-37H,8-11,14-19H2,1-7H3,(H,46,56)(H,47,57)(H,48,62)(H,49,63)(H,50,66)(H,51,67)(H,52,64)(H,53,65)(H,58,59)(H,60,61)/t22?,23-,24-,25-,26-,30?,31?,36?,37-/m0/s1. The molecule has 0 bridgehead atoms. The van der Waals surface area contributed by atoms with Gasteiger partial charge in [-0.2, -0.15) is 0 Å². The molecule has 3 aliphatic heterocycles. The molecule has 2 fully saturated rings. The number of carbonyl (C=O) groups is 12. The van der Waals surface area contributed by atoms with E-state index >= 15 is 0 Å². The van der Waals surface area contributed by atoms with Crippen molar-refractivity contribution in [2.45, 2.75) is 154 Å². The van der Waals surface area contributed by atoms with Crippen LogP contribution in [0.25, 0.3) is 0 Å². The van der Waals surface area contributed by atoms with Crippen molar-refractivity contribution in [3.05, 3.63) is 23.8 Å². The van der Waals surface area contributed by atoms with Gasteiger partial charge in [-0.3, -0.25) is 57.5 Å². The number of rotatable bonds is 21. The molecule has 24 heteroatoms. The Balaban J connectivity index is 1.35. The molecule has 10 N–H and O–H groups in total. The summed E-state index contributed by atoms with van der Waals surface area (Å²) >= 11 is 0. The van der Waals surface area contributed by atoms with Crippen molar-refractivity contribution in [1.82, 2.24) is 41.7 Å². The van der Waals surface area contributed by atoms with E-state index in [0.29, 0.717) is 36.2 Å². The van der Waals surface area contributed by atoms with Gasteiger partial charge in [0, 0.05) is 43.2 Å². The summed E-state index contributed by atoms with van der Waals surface area (Å²) in [6, 6.07) is -3.62. The fraction of sp³-hybridized carbons (Fsp3) is 0.600. The molecular formula is C45H64N10O14. The zero-order chi connectivity index (χ0) is 51.4. The van der Waals surface area contributed by atoms with E-state index in [0.717, 1.165) is 0 Å². The summed E-state index contributed by atoms with van der Waals surface area (Å²) in [7, 11) is 0. The van der Waals surface area contributed by atoms with E-state index in [2.05, 4.69) is 42.5 Å². The largest absolute Gasteiger partial charge is 0.481 e. The zero-order valence-electron chi connectivity index (χ0n) is 39.8. The Morgan fingerprint density at radius 3 is 1.58 bits per heavy atom. The highest BCUT2D eigenvalue weighted by atomic mass is 16.4. The number of carboxylic acid groups (broad SMARTS) is 2. The normalized spacial score (nSPS) is 20.7. The second-order valence-corrected chi connectivity index (χ2v) is 18.0. The van der Waals surface area contributed by atoms with Crippen LogP contribution in [0.4, 0.5) is 11.4 Å². The number of likely N-dealkylation sites (tertiary alicyclic amines) is 2. The van der Waals surface area contributed by atoms with Crippen molar-refractivity contribution in [2.75, 3.05) is 23.7 Å². The van der Waals surface area contributed by atoms with Crippen LogP contribution in [0.2, 0.25) is 0 Å². The molecule has 0 radical (unpaired) electrons. The molecule has 0 aliphatic carbocycles. The SMILES string of the molecule is CC(C)C(NC(=O)C1CCCN1C(=O)[C@H](C)NC(=O)[C@H](C)NC(=O)CCC(=O)O)C(=O)Nc1ccc2c(c1)C(C)[C@H](NC(=O)C1CCCN1C(=O)[C@H](C)NC(=O)[C@H](C)NC(=O)CCC(=O)O)C(=O)N2. The lowest BCUT2D eigenvalue weighted by Gasteiger charge is -2.34. The first-order chi connectivity index (χ1) is 32.4. The monoisotopic (exact) mass is 968 g/mol. The number of hydrogen-bond donors (Lipinski definition) is 10. The van der Waals surface area contributed by atoms with Crippen molar-refractivity contribution in [3.8, 4) is 0 Å². The zero-order valence-corrected chi connectivity index (χ0v) is 39.8. The van der Waals surface area contributed by atoms with Gasteiger partial charge in [-0.25, -0.2) is 0 Å². The summed E-state index contributed by atoms with van der Waals surface area (Å²) in [5.74, 6) is -9.46. The van der Waals surface area contributed by atoms with Crippen LogP contribution >= 0.6 is 0 Å². The Kier molecular flexibility index (Phi) is 19.1. The van der Waals surface area contributed by atoms with Gasteiger partial charge in [0.15, 0.2) is 0 Å². The van der Waals surface area contributed by atoms with E-state index in [1.54, 1.807) is 39.0 Å². The number of hydrogen-bond acceptors (Lipinski definition) is 12. The molecule has 0 spiro atoms. The topological polar surface area (TPSA) is 348 Å². The molecular weight excluding hydrogens is 905 g/mol. The molecule has 0 aromatic heterocycles. The predicted octanol–water partition coefficient (Wildman–Crippen LogP) is -0.963. The predicted molar refractivity (Wildman–Crippen MR) is 244 cm³/mol. The highest BCUT2D eigenvalue weighted by Gasteiger charge is 2.42. The highest BCUT2D eigenvalue weighted by Crippen LogP contribution is 2.35. The molecule has 3 heterocycles. The van der Waals surface area contributed by atoms with Crippen molar-refractivity contribution < 1.29 is 67.7 Å². The van der Waals surface area contributed by atoms with Crippen LogP contribution in [0.1, 0.15) is 111 Å². The van der Waals surface area contributed by atoms with Gasteiger partial charge < -0.3 is 62.5 Å². The smallest absolute Gasteiger partial charge is 0.303 e. The Bertz CT molecular complexity index is 2200. The minimum atomic E-state index is -1.17. The summed E-state index contributed by atoms with van der Waals surface area (Å²) in [5.41, 5.74) is 1.32. The molecule has 1 aromatic rings. The molecule has 9 atom stereocenters. The molecule has 69 heavy (non-hydrogen) atoms. The minimum Gasteiger partial charge on any atom is -0.481 e. The molecule has 0 saturated carbocycles. The number of aliphatic carboxylic acids is 2. The third kappa shape index (κ3) is 14.7. The van der Waals surface area contributed by atoms with Crippen LogP contribution in [0.3, 0.4) is 0 Å². The second-order valence-electron chi connectivity index (χ2n) is 18.0. The Morgan fingerprint density at radius 2 is 1.12 bits per heavy atom. The summed E-state index contributed by atoms with van der Waals surface area (Å²) in [5, 5.41) is 38.5. The molecule has 3 aliphatic rings. The summed E-state index contributed by atoms with van der Waals surface area (Å²) in [4.78, 5) is 155. The fourth-order valence-electron chi connectivity index (χ4n) is 8.30. The Morgan fingerprint density at radius 1 is 0.638 bits per heavy atom. The number of nitrogens with zero attached hydrogens (tertiary/aromatic N) is 2. The molecule has 4 unspecified atom stereocenters. The number of carbonyl (C=O) groups excluding carboxylic acids is 10. The van der Waals surface area contributed by atoms with Gasteiger partial charge in [-0.15, -0.1) is 0 Å². The van der Waals surface area contributed by atoms with Gasteiger partial charge in [-0.1, -0.05) is 20.8 Å². The average molecular weight is 969 g/mol. The lowest BCUT2D eigenvalue weighted by molar-refractivity contribution is -0.142. The number of benzene rings is 1. The van der Waals surface area contributed by atoms with Crippen LogP contribution in [-0.4, -0.2) is 152 Å². The number of nitrogens with one attached hydrogen (secondary N) is 8. The van der Waals surface area contributed by atoms with Gasteiger partial charge in [0.2, 0.25) is 59.1 Å². The van der Waals surface area contributed by atoms with E-state index < -0.39 is 144 Å². The quantitative estimate of drug-likeness (QED) is 0.0710. The van der Waals surface area contributed by atoms with Gasteiger partial charge in [-0.05, 0) is 83.1 Å². The lowest BCUT2D eigenvalue weighted by Crippen LogP contribution is -2.57. The first kappa shape index (κ1) is 54.5. The fourth-order valence-corrected chi connectivity index (χ4v) is 8.30. The third-order valence-electron chi connectivity index (χ3n) is 12.2. The molecule has 10 amide bonds. The second kappa shape index (κ2) is 24.2. The number of carboxylic acids is 2. The van der Waals surface area contributed by atoms with Gasteiger partial charge in [0.25, 0.3) is 0 Å². The van der Waals surface area contributed by atoms with Crippen LogP contribution < -0.4 is 42.5 Å². The van der Waals surface area contributed by atoms with Crippen LogP contribution in [0.5, 0.6) is 0 Å². The van der Waals surface area contributed by atoms with E-state index in [4.69, 9.17) is 10.2 Å². The highest BCUT2D eigenvalue weighted by molar-refractivity contribution is 6.04. The van der Waals surface area contributed by atoms with Crippen molar-refractivity contribution in [3.63, 3.8) is 0 Å². The number of amides is 10. The van der Waals surface area contributed by atoms with Crippen LogP contribution in [0.15, 0.2) is 18.2 Å². The van der Waals surface area contributed by atoms with Crippen molar-refractivity contribution in [2.24, 2.45) is 5.92 Å². The number of anilines is 2. The van der Waals surface area contributed by atoms with Crippen LogP contribution in [0, 0.1) is 5.92 Å². The van der Waals surface area contributed by atoms with E-state index in [9.17, 15) is 57.5 Å². The maximum Gasteiger partial charge on any atom is 0.303 e. The maximum absolute atomic E-state index is 13.8. The van der Waals surface area contributed by atoms with E-state index in [1.807, 2.05) is 0 Å². The van der Waals surface area contributed by atoms with Gasteiger partial charge in [0.1, 0.15) is 48.3 Å². The molecule has 4 rings (SSSR count). The van der Waals surface area contributed by atoms with E-state index in [1.165, 1.54) is 37.5 Å². The minimum absolute atomic E-state index is 0.202. The first-order valence-corrected chi connectivity index (χ1v) is 23.0. The molecule has 378 valence electrons.